The normalized spacial score (nSPS) is 25.6. The molecule has 0 amide bonds. The highest BCUT2D eigenvalue weighted by atomic mass is 14.9. The zero-order chi connectivity index (χ0) is 8.27. The second-order valence-electron chi connectivity index (χ2n) is 3.42. The molecule has 0 saturated carbocycles. The van der Waals surface area contributed by atoms with Gasteiger partial charge in [-0.2, -0.15) is 0 Å². The highest BCUT2D eigenvalue weighted by Crippen LogP contribution is 2.18. The molecule has 1 aliphatic heterocycles. The van der Waals surface area contributed by atoms with Crippen LogP contribution < -0.4 is 5.32 Å². The van der Waals surface area contributed by atoms with Crippen molar-refractivity contribution in [1.29, 1.82) is 0 Å². The van der Waals surface area contributed by atoms with Crippen LogP contribution in [0.25, 0.3) is 0 Å². The molecule has 1 heterocycles. The van der Waals surface area contributed by atoms with E-state index in [4.69, 9.17) is 0 Å². The molecule has 1 saturated heterocycles. The van der Waals surface area contributed by atoms with Crippen LogP contribution in [0.2, 0.25) is 0 Å². The molecular formula is C10H17N. The molecule has 0 aromatic heterocycles. The Hall–Kier alpha value is -0.560. The van der Waals surface area contributed by atoms with Gasteiger partial charge in [0.25, 0.3) is 0 Å². The number of nitrogens with one attached hydrogen (secondary N) is 1. The van der Waals surface area contributed by atoms with Gasteiger partial charge in [0.15, 0.2) is 0 Å². The van der Waals surface area contributed by atoms with Gasteiger partial charge in [-0.3, -0.25) is 0 Å². The molecule has 1 heteroatoms. The van der Waals surface area contributed by atoms with Crippen molar-refractivity contribution in [3.8, 4) is 0 Å². The van der Waals surface area contributed by atoms with Gasteiger partial charge < -0.3 is 5.32 Å². The van der Waals surface area contributed by atoms with Crippen molar-refractivity contribution in [3.63, 3.8) is 0 Å². The standard InChI is InChI=1S/C10H17N/c1-8(2)6-9(3)10-4-5-11-7-10/h6,10-11H,1,4-5,7H2,2-3H3/b9-6-. The summed E-state index contributed by atoms with van der Waals surface area (Å²) in [7, 11) is 0. The Morgan fingerprint density at radius 2 is 2.27 bits per heavy atom. The van der Waals surface area contributed by atoms with Crippen molar-refractivity contribution in [2.75, 3.05) is 13.1 Å². The second kappa shape index (κ2) is 3.72. The molecular weight excluding hydrogens is 134 g/mol. The summed E-state index contributed by atoms with van der Waals surface area (Å²) in [5.74, 6) is 0.756. The van der Waals surface area contributed by atoms with Crippen LogP contribution in [-0.4, -0.2) is 13.1 Å². The lowest BCUT2D eigenvalue weighted by Crippen LogP contribution is -2.09. The molecule has 0 spiro atoms. The average molecular weight is 151 g/mol. The smallest absolute Gasteiger partial charge is 0.00173 e. The van der Waals surface area contributed by atoms with Crippen molar-refractivity contribution in [1.82, 2.24) is 5.32 Å². The van der Waals surface area contributed by atoms with Gasteiger partial charge in [-0.25, -0.2) is 0 Å². The summed E-state index contributed by atoms with van der Waals surface area (Å²) < 4.78 is 0. The van der Waals surface area contributed by atoms with Crippen molar-refractivity contribution < 1.29 is 0 Å². The van der Waals surface area contributed by atoms with Gasteiger partial charge in [-0.15, -0.1) is 0 Å². The van der Waals surface area contributed by atoms with Crippen LogP contribution >= 0.6 is 0 Å². The largest absolute Gasteiger partial charge is 0.316 e. The molecule has 1 unspecified atom stereocenters. The van der Waals surface area contributed by atoms with Crippen molar-refractivity contribution in [2.45, 2.75) is 20.3 Å². The average Bonchev–Trinajstić information content (AvgIpc) is 2.35. The van der Waals surface area contributed by atoms with E-state index in [9.17, 15) is 0 Å². The Kier molecular flexibility index (Phi) is 2.89. The molecule has 1 aliphatic rings. The summed E-state index contributed by atoms with van der Waals surface area (Å²) in [5, 5.41) is 3.36. The third kappa shape index (κ3) is 2.51. The lowest BCUT2D eigenvalue weighted by atomic mass is 9.98. The Labute approximate surface area is 69.2 Å². The van der Waals surface area contributed by atoms with E-state index in [1.54, 1.807) is 0 Å². The molecule has 11 heavy (non-hydrogen) atoms. The molecule has 62 valence electrons. The molecule has 1 N–H and O–H groups in total. The number of hydrogen-bond donors (Lipinski definition) is 1. The maximum absolute atomic E-state index is 3.87. The van der Waals surface area contributed by atoms with E-state index in [-0.39, 0.29) is 0 Å². The van der Waals surface area contributed by atoms with Crippen LogP contribution in [-0.2, 0) is 0 Å². The minimum Gasteiger partial charge on any atom is -0.316 e. The van der Waals surface area contributed by atoms with Crippen LogP contribution in [0.15, 0.2) is 23.8 Å². The zero-order valence-electron chi connectivity index (χ0n) is 7.48. The van der Waals surface area contributed by atoms with E-state index in [0.29, 0.717) is 0 Å². The van der Waals surface area contributed by atoms with Crippen molar-refractivity contribution >= 4 is 0 Å². The van der Waals surface area contributed by atoms with Crippen LogP contribution in [0.1, 0.15) is 20.3 Å². The topological polar surface area (TPSA) is 12.0 Å². The monoisotopic (exact) mass is 151 g/mol. The Balaban J connectivity index is 2.51. The first-order chi connectivity index (χ1) is 5.20. The van der Waals surface area contributed by atoms with Gasteiger partial charge in [-0.1, -0.05) is 23.8 Å². The minimum absolute atomic E-state index is 0.756. The van der Waals surface area contributed by atoms with E-state index >= 15 is 0 Å². The number of allylic oxidation sites excluding steroid dienone is 2. The quantitative estimate of drug-likeness (QED) is 0.596. The van der Waals surface area contributed by atoms with E-state index in [0.717, 1.165) is 18.0 Å². The van der Waals surface area contributed by atoms with Crippen molar-refractivity contribution in [2.24, 2.45) is 5.92 Å². The zero-order valence-corrected chi connectivity index (χ0v) is 7.48. The summed E-state index contributed by atoms with van der Waals surface area (Å²) in [6.45, 7) is 10.4. The minimum atomic E-state index is 0.756. The highest BCUT2D eigenvalue weighted by Gasteiger charge is 2.15. The van der Waals surface area contributed by atoms with Gasteiger partial charge >= 0.3 is 0 Å². The Morgan fingerprint density at radius 1 is 1.55 bits per heavy atom. The molecule has 0 aromatic rings. The summed E-state index contributed by atoms with van der Waals surface area (Å²) in [6.07, 6.45) is 3.48. The first kappa shape index (κ1) is 8.54. The third-order valence-electron chi connectivity index (χ3n) is 2.18. The maximum Gasteiger partial charge on any atom is 0.00173 e. The lowest BCUT2D eigenvalue weighted by molar-refractivity contribution is 0.681. The first-order valence-electron chi connectivity index (χ1n) is 4.24. The predicted octanol–water partition coefficient (Wildman–Crippen LogP) is 2.12. The molecule has 1 rings (SSSR count). The molecule has 0 bridgehead atoms. The molecule has 0 radical (unpaired) electrons. The molecule has 1 fully saturated rings. The maximum atomic E-state index is 3.87. The van der Waals surface area contributed by atoms with Crippen LogP contribution in [0, 0.1) is 5.92 Å². The molecule has 0 aromatic carbocycles. The lowest BCUT2D eigenvalue weighted by Gasteiger charge is -2.07. The Bertz CT molecular complexity index is 173. The van der Waals surface area contributed by atoms with Crippen LogP contribution in [0.4, 0.5) is 0 Å². The summed E-state index contributed by atoms with van der Waals surface area (Å²) in [4.78, 5) is 0. The fourth-order valence-electron chi connectivity index (χ4n) is 1.55. The first-order valence-corrected chi connectivity index (χ1v) is 4.24. The van der Waals surface area contributed by atoms with E-state index < -0.39 is 0 Å². The SMILES string of the molecule is C=C(C)/C=C(/C)C1CCNC1. The Morgan fingerprint density at radius 3 is 2.73 bits per heavy atom. The molecule has 0 aliphatic carbocycles. The van der Waals surface area contributed by atoms with Gasteiger partial charge in [0, 0.05) is 6.54 Å². The fourth-order valence-corrected chi connectivity index (χ4v) is 1.55. The fraction of sp³-hybridized carbons (Fsp3) is 0.600. The van der Waals surface area contributed by atoms with E-state index in [1.807, 2.05) is 6.92 Å². The van der Waals surface area contributed by atoms with E-state index in [2.05, 4.69) is 24.9 Å². The predicted molar refractivity (Wildman–Crippen MR) is 49.5 cm³/mol. The summed E-state index contributed by atoms with van der Waals surface area (Å²) in [6, 6.07) is 0. The van der Waals surface area contributed by atoms with Gasteiger partial charge in [-0.05, 0) is 32.7 Å². The van der Waals surface area contributed by atoms with Gasteiger partial charge in [0.1, 0.15) is 0 Å². The van der Waals surface area contributed by atoms with Gasteiger partial charge in [0.2, 0.25) is 0 Å². The number of rotatable bonds is 2. The van der Waals surface area contributed by atoms with Gasteiger partial charge in [0.05, 0.1) is 0 Å². The van der Waals surface area contributed by atoms with Crippen LogP contribution in [0.5, 0.6) is 0 Å². The van der Waals surface area contributed by atoms with Crippen molar-refractivity contribution in [3.05, 3.63) is 23.8 Å². The molecule has 1 atom stereocenters. The molecule has 1 nitrogen and oxygen atoms in total. The summed E-state index contributed by atoms with van der Waals surface area (Å²) >= 11 is 0. The number of hydrogen-bond acceptors (Lipinski definition) is 1. The summed E-state index contributed by atoms with van der Waals surface area (Å²) in [5.41, 5.74) is 2.64. The van der Waals surface area contributed by atoms with E-state index in [1.165, 1.54) is 18.5 Å². The van der Waals surface area contributed by atoms with Crippen LogP contribution in [0.3, 0.4) is 0 Å². The highest BCUT2D eigenvalue weighted by molar-refractivity contribution is 5.19. The third-order valence-corrected chi connectivity index (χ3v) is 2.18. The second-order valence-corrected chi connectivity index (χ2v) is 3.42.